The fraction of sp³-hybridized carbons (Fsp3) is 0.333. The van der Waals surface area contributed by atoms with E-state index >= 15 is 0 Å². The van der Waals surface area contributed by atoms with Crippen molar-refractivity contribution in [2.45, 2.75) is 25.4 Å². The summed E-state index contributed by atoms with van der Waals surface area (Å²) in [5, 5.41) is 10.9. The Morgan fingerprint density at radius 1 is 1.04 bits per heavy atom. The lowest BCUT2D eigenvalue weighted by Gasteiger charge is -2.32. The molecule has 7 heteroatoms. The molecule has 0 unspecified atom stereocenters. The standard InChI is InChI=1S/C18H16F3N3O/c19-18(20,21)15-11-16(13-7-3-1-4-8-13)24(17(25)14(15)12-22)23-9-5-2-6-10-23/h1,3-4,7-8,11H,2,5-6,9-10H2. The number of alkyl halides is 3. The molecule has 0 bridgehead atoms. The van der Waals surface area contributed by atoms with Crippen molar-refractivity contribution in [1.82, 2.24) is 4.68 Å². The smallest absolute Gasteiger partial charge is 0.310 e. The van der Waals surface area contributed by atoms with Crippen LogP contribution in [-0.2, 0) is 6.18 Å². The van der Waals surface area contributed by atoms with Crippen molar-refractivity contribution in [2.24, 2.45) is 0 Å². The summed E-state index contributed by atoms with van der Waals surface area (Å²) >= 11 is 0. The van der Waals surface area contributed by atoms with Gasteiger partial charge in [-0.05, 0) is 25.3 Å². The second-order valence-corrected chi connectivity index (χ2v) is 5.93. The highest BCUT2D eigenvalue weighted by Gasteiger charge is 2.37. The number of hydrogen-bond acceptors (Lipinski definition) is 3. The Hall–Kier alpha value is -2.75. The first-order chi connectivity index (χ1) is 11.9. The van der Waals surface area contributed by atoms with E-state index in [0.29, 0.717) is 18.7 Å². The number of nitriles is 1. The maximum absolute atomic E-state index is 13.4. The van der Waals surface area contributed by atoms with Gasteiger partial charge in [-0.1, -0.05) is 30.3 Å². The zero-order valence-electron chi connectivity index (χ0n) is 13.4. The summed E-state index contributed by atoms with van der Waals surface area (Å²) < 4.78 is 41.4. The molecule has 0 amide bonds. The highest BCUT2D eigenvalue weighted by molar-refractivity contribution is 5.63. The van der Waals surface area contributed by atoms with E-state index in [0.717, 1.165) is 25.3 Å². The van der Waals surface area contributed by atoms with Crippen molar-refractivity contribution in [3.05, 3.63) is 57.9 Å². The first-order valence-electron chi connectivity index (χ1n) is 8.01. The predicted octanol–water partition coefficient (Wildman–Crippen LogP) is 3.53. The third-order valence-corrected chi connectivity index (χ3v) is 4.29. The van der Waals surface area contributed by atoms with Gasteiger partial charge >= 0.3 is 6.18 Å². The van der Waals surface area contributed by atoms with Crippen LogP contribution in [0.25, 0.3) is 11.3 Å². The predicted molar refractivity (Wildman–Crippen MR) is 87.7 cm³/mol. The van der Waals surface area contributed by atoms with Crippen LogP contribution in [0.2, 0.25) is 0 Å². The number of rotatable bonds is 2. The molecule has 0 radical (unpaired) electrons. The van der Waals surface area contributed by atoms with Gasteiger partial charge in [0, 0.05) is 18.7 Å². The maximum Gasteiger partial charge on any atom is 0.417 e. The molecule has 1 saturated heterocycles. The highest BCUT2D eigenvalue weighted by atomic mass is 19.4. The van der Waals surface area contributed by atoms with Crippen molar-refractivity contribution >= 4 is 0 Å². The Labute approximate surface area is 142 Å². The van der Waals surface area contributed by atoms with Crippen molar-refractivity contribution < 1.29 is 13.2 Å². The van der Waals surface area contributed by atoms with E-state index in [1.165, 1.54) is 10.7 Å². The summed E-state index contributed by atoms with van der Waals surface area (Å²) in [6, 6.07) is 10.8. The zero-order valence-corrected chi connectivity index (χ0v) is 13.4. The summed E-state index contributed by atoms with van der Waals surface area (Å²) in [5.41, 5.74) is -2.32. The number of pyridine rings is 1. The lowest BCUT2D eigenvalue weighted by atomic mass is 10.0. The Bertz CT molecular complexity index is 860. The number of benzene rings is 1. The Morgan fingerprint density at radius 2 is 1.68 bits per heavy atom. The van der Waals surface area contributed by atoms with Gasteiger partial charge in [0.15, 0.2) is 0 Å². The molecule has 25 heavy (non-hydrogen) atoms. The quantitative estimate of drug-likeness (QED) is 0.835. The molecular weight excluding hydrogens is 331 g/mol. The van der Waals surface area contributed by atoms with E-state index in [2.05, 4.69) is 0 Å². The van der Waals surface area contributed by atoms with E-state index in [9.17, 15) is 18.0 Å². The molecule has 1 aromatic carbocycles. The van der Waals surface area contributed by atoms with Gasteiger partial charge in [-0.25, -0.2) is 4.68 Å². The maximum atomic E-state index is 13.4. The van der Waals surface area contributed by atoms with Crippen molar-refractivity contribution in [3.8, 4) is 17.3 Å². The topological polar surface area (TPSA) is 49.0 Å². The van der Waals surface area contributed by atoms with E-state index in [1.807, 2.05) is 0 Å². The van der Waals surface area contributed by atoms with E-state index in [4.69, 9.17) is 5.26 Å². The summed E-state index contributed by atoms with van der Waals surface area (Å²) in [7, 11) is 0. The zero-order chi connectivity index (χ0) is 18.0. The van der Waals surface area contributed by atoms with E-state index in [-0.39, 0.29) is 5.69 Å². The Balaban J connectivity index is 2.32. The van der Waals surface area contributed by atoms with Crippen molar-refractivity contribution in [2.75, 3.05) is 18.1 Å². The number of nitrogens with zero attached hydrogens (tertiary/aromatic N) is 3. The van der Waals surface area contributed by atoms with E-state index in [1.54, 1.807) is 35.3 Å². The molecule has 130 valence electrons. The van der Waals surface area contributed by atoms with E-state index < -0.39 is 22.9 Å². The minimum atomic E-state index is -4.77. The Kier molecular flexibility index (Phi) is 4.53. The van der Waals surface area contributed by atoms with Crippen LogP contribution < -0.4 is 10.6 Å². The molecule has 0 N–H and O–H groups in total. The average Bonchev–Trinajstić information content (AvgIpc) is 2.61. The highest BCUT2D eigenvalue weighted by Crippen LogP contribution is 2.33. The van der Waals surface area contributed by atoms with Crippen molar-refractivity contribution in [1.29, 1.82) is 5.26 Å². The van der Waals surface area contributed by atoms with Crippen LogP contribution in [0, 0.1) is 11.3 Å². The van der Waals surface area contributed by atoms with Gasteiger partial charge in [0.2, 0.25) is 0 Å². The van der Waals surface area contributed by atoms with Gasteiger partial charge in [-0.15, -0.1) is 0 Å². The van der Waals surface area contributed by atoms with Crippen LogP contribution in [0.15, 0.2) is 41.2 Å². The summed E-state index contributed by atoms with van der Waals surface area (Å²) in [6.45, 7) is 1.13. The largest absolute Gasteiger partial charge is 0.417 e. The van der Waals surface area contributed by atoms with Crippen LogP contribution >= 0.6 is 0 Å². The molecule has 0 atom stereocenters. The van der Waals surface area contributed by atoms with Gasteiger partial charge in [0.05, 0.1) is 11.3 Å². The summed E-state index contributed by atoms with van der Waals surface area (Å²) in [6.07, 6.45) is -2.06. The second-order valence-electron chi connectivity index (χ2n) is 5.93. The first kappa shape index (κ1) is 17.1. The normalized spacial score (nSPS) is 15.0. The van der Waals surface area contributed by atoms with Crippen LogP contribution in [0.1, 0.15) is 30.4 Å². The lowest BCUT2D eigenvalue weighted by molar-refractivity contribution is -0.137. The fourth-order valence-corrected chi connectivity index (χ4v) is 3.10. The molecule has 1 aliphatic rings. The van der Waals surface area contributed by atoms with Crippen LogP contribution in [0.4, 0.5) is 13.2 Å². The minimum absolute atomic E-state index is 0.152. The minimum Gasteiger partial charge on any atom is -0.310 e. The molecule has 0 saturated carbocycles. The number of piperidine rings is 1. The van der Waals surface area contributed by atoms with Gasteiger partial charge in [0.25, 0.3) is 5.56 Å². The molecule has 0 aliphatic carbocycles. The molecule has 0 spiro atoms. The molecule has 1 fully saturated rings. The molecule has 4 nitrogen and oxygen atoms in total. The molecule has 1 aliphatic heterocycles. The van der Waals surface area contributed by atoms with Gasteiger partial charge < -0.3 is 5.01 Å². The van der Waals surface area contributed by atoms with Crippen molar-refractivity contribution in [3.63, 3.8) is 0 Å². The first-order valence-corrected chi connectivity index (χ1v) is 8.01. The third-order valence-electron chi connectivity index (χ3n) is 4.29. The summed E-state index contributed by atoms with van der Waals surface area (Å²) in [5.74, 6) is 0. The number of hydrogen-bond donors (Lipinski definition) is 0. The summed E-state index contributed by atoms with van der Waals surface area (Å²) in [4.78, 5) is 12.8. The molecule has 3 rings (SSSR count). The molecule has 1 aromatic heterocycles. The monoisotopic (exact) mass is 347 g/mol. The molecule has 2 aromatic rings. The fourth-order valence-electron chi connectivity index (χ4n) is 3.10. The average molecular weight is 347 g/mol. The molecular formula is C18H16F3N3O. The lowest BCUT2D eigenvalue weighted by Crippen LogP contribution is -2.47. The van der Waals surface area contributed by atoms with Crippen LogP contribution in [0.3, 0.4) is 0 Å². The van der Waals surface area contributed by atoms with Gasteiger partial charge in [0.1, 0.15) is 11.6 Å². The van der Waals surface area contributed by atoms with Gasteiger partial charge in [-0.2, -0.15) is 18.4 Å². The Morgan fingerprint density at radius 3 is 2.24 bits per heavy atom. The van der Waals surface area contributed by atoms with Crippen LogP contribution in [0.5, 0.6) is 0 Å². The number of halogens is 3. The molecule has 2 heterocycles. The number of aromatic nitrogens is 1. The third kappa shape index (κ3) is 3.25. The SMILES string of the molecule is N#Cc1c(C(F)(F)F)cc(-c2ccccc2)n(N2CCCCC2)c1=O. The second kappa shape index (κ2) is 6.63. The van der Waals surface area contributed by atoms with Gasteiger partial charge in [-0.3, -0.25) is 4.79 Å². The van der Waals surface area contributed by atoms with Crippen LogP contribution in [-0.4, -0.2) is 17.8 Å².